The van der Waals surface area contributed by atoms with E-state index < -0.39 is 10.0 Å². The highest BCUT2D eigenvalue weighted by atomic mass is 32.2. The summed E-state index contributed by atoms with van der Waals surface area (Å²) >= 11 is 0. The molecule has 1 atom stereocenters. The Morgan fingerprint density at radius 3 is 2.65 bits per heavy atom. The Morgan fingerprint density at radius 1 is 1.30 bits per heavy atom. The van der Waals surface area contributed by atoms with Crippen LogP contribution in [0.4, 0.5) is 0 Å². The first-order valence-electron chi connectivity index (χ1n) is 6.40. The predicted molar refractivity (Wildman–Crippen MR) is 77.0 cm³/mol. The van der Waals surface area contributed by atoms with Crippen LogP contribution >= 0.6 is 0 Å². The van der Waals surface area contributed by atoms with Gasteiger partial charge in [-0.2, -0.15) is 0 Å². The number of hydrogen-bond acceptors (Lipinski definition) is 4. The maximum absolute atomic E-state index is 12.3. The van der Waals surface area contributed by atoms with E-state index in [9.17, 15) is 13.2 Å². The molecule has 0 aliphatic heterocycles. The molecule has 110 valence electrons. The number of aromatic amines is 2. The Hall–Kier alpha value is -1.64. The van der Waals surface area contributed by atoms with E-state index in [0.717, 1.165) is 6.42 Å². The van der Waals surface area contributed by atoms with E-state index in [1.165, 1.54) is 12.1 Å². The van der Waals surface area contributed by atoms with Gasteiger partial charge in [-0.3, -0.25) is 0 Å². The summed E-state index contributed by atoms with van der Waals surface area (Å²) in [6.45, 7) is 2.21. The number of benzene rings is 1. The number of imidazole rings is 1. The highest BCUT2D eigenvalue weighted by molar-refractivity contribution is 7.89. The molecule has 8 heteroatoms. The van der Waals surface area contributed by atoms with Gasteiger partial charge >= 0.3 is 5.69 Å². The molecule has 1 heterocycles. The summed E-state index contributed by atoms with van der Waals surface area (Å²) in [6, 6.07) is 4.15. The Labute approximate surface area is 116 Å². The van der Waals surface area contributed by atoms with E-state index in [1.54, 1.807) is 6.07 Å². The third-order valence-electron chi connectivity index (χ3n) is 3.04. The molecule has 1 unspecified atom stereocenters. The molecule has 0 fully saturated rings. The average molecular weight is 298 g/mol. The number of nitrogens with one attached hydrogen (secondary N) is 3. The molecule has 0 spiro atoms. The largest absolute Gasteiger partial charge is 0.329 e. The molecule has 0 saturated heterocycles. The molecule has 0 aliphatic carbocycles. The predicted octanol–water partition coefficient (Wildman–Crippen LogP) is 0.262. The molecule has 0 amide bonds. The van der Waals surface area contributed by atoms with E-state index >= 15 is 0 Å². The van der Waals surface area contributed by atoms with Crippen molar-refractivity contribution in [1.82, 2.24) is 14.7 Å². The molecule has 2 rings (SSSR count). The maximum Gasteiger partial charge on any atom is 0.323 e. The second kappa shape index (κ2) is 5.78. The number of sulfonamides is 1. The molecule has 0 bridgehead atoms. The molecular weight excluding hydrogens is 280 g/mol. The second-order valence-electron chi connectivity index (χ2n) is 4.63. The zero-order chi connectivity index (χ0) is 14.8. The van der Waals surface area contributed by atoms with Crippen molar-refractivity contribution in [3.05, 3.63) is 28.7 Å². The zero-order valence-corrected chi connectivity index (χ0v) is 12.0. The number of aromatic nitrogens is 2. The SMILES string of the molecule is CCCC(CN)NS(=O)(=O)c1ccc2[nH]c(=O)[nH]c2c1. The van der Waals surface area contributed by atoms with E-state index in [4.69, 9.17) is 5.73 Å². The van der Waals surface area contributed by atoms with Crippen LogP contribution in [0.3, 0.4) is 0 Å². The van der Waals surface area contributed by atoms with Crippen molar-refractivity contribution in [3.63, 3.8) is 0 Å². The zero-order valence-electron chi connectivity index (χ0n) is 11.1. The van der Waals surface area contributed by atoms with E-state index in [2.05, 4.69) is 14.7 Å². The summed E-state index contributed by atoms with van der Waals surface area (Å²) in [4.78, 5) is 16.4. The lowest BCUT2D eigenvalue weighted by atomic mass is 10.2. The quantitative estimate of drug-likeness (QED) is 0.611. The fraction of sp³-hybridized carbons (Fsp3) is 0.417. The molecular formula is C12H18N4O3S. The van der Waals surface area contributed by atoms with E-state index in [-0.39, 0.29) is 23.2 Å². The molecule has 0 radical (unpaired) electrons. The van der Waals surface area contributed by atoms with Crippen LogP contribution in [0.25, 0.3) is 11.0 Å². The summed E-state index contributed by atoms with van der Waals surface area (Å²) in [6.07, 6.45) is 1.52. The maximum atomic E-state index is 12.3. The lowest BCUT2D eigenvalue weighted by Gasteiger charge is -2.16. The van der Waals surface area contributed by atoms with Gasteiger partial charge in [0, 0.05) is 12.6 Å². The average Bonchev–Trinajstić information content (AvgIpc) is 2.76. The van der Waals surface area contributed by atoms with Crippen molar-refractivity contribution >= 4 is 21.1 Å². The van der Waals surface area contributed by atoms with Crippen molar-refractivity contribution in [1.29, 1.82) is 0 Å². The number of fused-ring (bicyclic) bond motifs is 1. The highest BCUT2D eigenvalue weighted by Gasteiger charge is 2.19. The smallest absolute Gasteiger partial charge is 0.323 e. The minimum absolute atomic E-state index is 0.106. The van der Waals surface area contributed by atoms with Crippen molar-refractivity contribution < 1.29 is 8.42 Å². The number of nitrogens with two attached hydrogens (primary N) is 1. The molecule has 5 N–H and O–H groups in total. The Balaban J connectivity index is 2.33. The van der Waals surface area contributed by atoms with Gasteiger partial charge in [0.15, 0.2) is 0 Å². The number of rotatable bonds is 6. The van der Waals surface area contributed by atoms with Crippen LogP contribution in [-0.2, 0) is 10.0 Å². The van der Waals surface area contributed by atoms with Gasteiger partial charge in [-0.25, -0.2) is 17.9 Å². The topological polar surface area (TPSA) is 121 Å². The van der Waals surface area contributed by atoms with Crippen LogP contribution in [-0.4, -0.2) is 31.0 Å². The van der Waals surface area contributed by atoms with Gasteiger partial charge in [0.25, 0.3) is 0 Å². The van der Waals surface area contributed by atoms with Crippen LogP contribution in [0.1, 0.15) is 19.8 Å². The fourth-order valence-electron chi connectivity index (χ4n) is 2.04. The Morgan fingerprint density at radius 2 is 2.00 bits per heavy atom. The molecule has 20 heavy (non-hydrogen) atoms. The van der Waals surface area contributed by atoms with Gasteiger partial charge in [-0.15, -0.1) is 0 Å². The molecule has 1 aromatic carbocycles. The third kappa shape index (κ3) is 3.09. The summed E-state index contributed by atoms with van der Waals surface area (Å²) in [5.74, 6) is 0. The van der Waals surface area contributed by atoms with Crippen molar-refractivity contribution in [3.8, 4) is 0 Å². The van der Waals surface area contributed by atoms with E-state index in [1.807, 2.05) is 6.92 Å². The molecule has 2 aromatic rings. The first-order chi connectivity index (χ1) is 9.46. The van der Waals surface area contributed by atoms with Crippen LogP contribution in [0.5, 0.6) is 0 Å². The van der Waals surface area contributed by atoms with Crippen molar-refractivity contribution in [2.75, 3.05) is 6.54 Å². The summed E-state index contributed by atoms with van der Waals surface area (Å²) < 4.78 is 27.1. The second-order valence-corrected chi connectivity index (χ2v) is 6.34. The molecule has 7 nitrogen and oxygen atoms in total. The van der Waals surface area contributed by atoms with Gasteiger partial charge in [-0.05, 0) is 24.6 Å². The standard InChI is InChI=1S/C12H18N4O3S/c1-2-3-8(7-13)16-20(18,19)9-4-5-10-11(6-9)15-12(17)14-10/h4-6,8,16H,2-3,7,13H2,1H3,(H2,14,15,17). The van der Waals surface area contributed by atoms with Crippen LogP contribution in [0.15, 0.2) is 27.9 Å². The van der Waals surface area contributed by atoms with Crippen molar-refractivity contribution in [2.24, 2.45) is 5.73 Å². The fourth-order valence-corrected chi connectivity index (χ4v) is 3.35. The lowest BCUT2D eigenvalue weighted by molar-refractivity contribution is 0.527. The molecule has 1 aromatic heterocycles. The monoisotopic (exact) mass is 298 g/mol. The normalized spacial score (nSPS) is 13.7. The molecule has 0 saturated carbocycles. The minimum atomic E-state index is -3.64. The lowest BCUT2D eigenvalue weighted by Crippen LogP contribution is -2.39. The first-order valence-corrected chi connectivity index (χ1v) is 7.89. The minimum Gasteiger partial charge on any atom is -0.329 e. The van der Waals surface area contributed by atoms with Crippen LogP contribution < -0.4 is 16.1 Å². The van der Waals surface area contributed by atoms with Crippen LogP contribution in [0, 0.1) is 0 Å². The summed E-state index contributed by atoms with van der Waals surface area (Å²) in [5.41, 5.74) is 6.21. The highest BCUT2D eigenvalue weighted by Crippen LogP contribution is 2.15. The van der Waals surface area contributed by atoms with Gasteiger partial charge in [0.2, 0.25) is 10.0 Å². The van der Waals surface area contributed by atoms with Crippen LogP contribution in [0.2, 0.25) is 0 Å². The summed E-state index contributed by atoms with van der Waals surface area (Å²) in [5, 5.41) is 0. The van der Waals surface area contributed by atoms with Gasteiger partial charge < -0.3 is 15.7 Å². The van der Waals surface area contributed by atoms with E-state index in [0.29, 0.717) is 17.5 Å². The van der Waals surface area contributed by atoms with Gasteiger partial charge in [-0.1, -0.05) is 13.3 Å². The Bertz CT molecular complexity index is 747. The molecule has 0 aliphatic rings. The van der Waals surface area contributed by atoms with Gasteiger partial charge in [0.1, 0.15) is 0 Å². The first kappa shape index (κ1) is 14.8. The number of hydrogen-bond donors (Lipinski definition) is 4. The van der Waals surface area contributed by atoms with Crippen molar-refractivity contribution in [2.45, 2.75) is 30.7 Å². The van der Waals surface area contributed by atoms with Gasteiger partial charge in [0.05, 0.1) is 15.9 Å². The summed E-state index contributed by atoms with van der Waals surface area (Å²) in [7, 11) is -3.64. The number of H-pyrrole nitrogens is 2. The third-order valence-corrected chi connectivity index (χ3v) is 4.56. The Kier molecular flexibility index (Phi) is 4.26.